The molecule has 6 heteroatoms. The van der Waals surface area contributed by atoms with Gasteiger partial charge in [0, 0.05) is 20.0 Å². The third-order valence-corrected chi connectivity index (χ3v) is 2.95. The first-order chi connectivity index (χ1) is 10.1. The molecule has 0 spiro atoms. The molecule has 116 valence electrons. The van der Waals surface area contributed by atoms with E-state index in [2.05, 4.69) is 4.74 Å². The summed E-state index contributed by atoms with van der Waals surface area (Å²) in [5.41, 5.74) is 0. The van der Waals surface area contributed by atoms with Crippen molar-refractivity contribution in [3.05, 3.63) is 24.3 Å². The van der Waals surface area contributed by atoms with Gasteiger partial charge in [-0.1, -0.05) is 12.1 Å². The molecule has 0 bridgehead atoms. The molecule has 0 aliphatic carbocycles. The van der Waals surface area contributed by atoms with E-state index in [1.165, 1.54) is 12.0 Å². The molecule has 0 aliphatic rings. The Hall–Kier alpha value is -2.24. The molecule has 21 heavy (non-hydrogen) atoms. The van der Waals surface area contributed by atoms with Crippen LogP contribution in [0.1, 0.15) is 12.8 Å². The lowest BCUT2D eigenvalue weighted by Gasteiger charge is -2.17. The van der Waals surface area contributed by atoms with Crippen molar-refractivity contribution in [2.75, 3.05) is 34.4 Å². The predicted octanol–water partition coefficient (Wildman–Crippen LogP) is 1.49. The average molecular weight is 295 g/mol. The van der Waals surface area contributed by atoms with E-state index < -0.39 is 0 Å². The van der Waals surface area contributed by atoms with Crippen LogP contribution in [0.3, 0.4) is 0 Å². The fraction of sp³-hybridized carbons (Fsp3) is 0.467. The number of methoxy groups -OCH3 is 2. The smallest absolute Gasteiger partial charge is 0.305 e. The van der Waals surface area contributed by atoms with Crippen molar-refractivity contribution in [1.82, 2.24) is 4.90 Å². The van der Waals surface area contributed by atoms with E-state index in [0.717, 1.165) is 0 Å². The number of nitrogens with zero attached hydrogens (tertiary/aromatic N) is 1. The van der Waals surface area contributed by atoms with E-state index >= 15 is 0 Å². The number of benzene rings is 1. The lowest BCUT2D eigenvalue weighted by atomic mass is 10.3. The molecule has 0 heterocycles. The summed E-state index contributed by atoms with van der Waals surface area (Å²) >= 11 is 0. The molecule has 0 unspecified atom stereocenters. The lowest BCUT2D eigenvalue weighted by Crippen LogP contribution is -2.32. The molecule has 0 atom stereocenters. The number of hydrogen-bond donors (Lipinski definition) is 0. The van der Waals surface area contributed by atoms with Gasteiger partial charge in [-0.2, -0.15) is 0 Å². The fourth-order valence-corrected chi connectivity index (χ4v) is 1.68. The molecule has 1 rings (SSSR count). The Bertz CT molecular complexity index is 475. The topological polar surface area (TPSA) is 65.1 Å². The molecule has 6 nitrogen and oxygen atoms in total. The minimum atomic E-state index is -0.277. The van der Waals surface area contributed by atoms with Crippen LogP contribution in [0.2, 0.25) is 0 Å². The van der Waals surface area contributed by atoms with Gasteiger partial charge in [0.25, 0.3) is 5.91 Å². The predicted molar refractivity (Wildman–Crippen MR) is 77.4 cm³/mol. The Kier molecular flexibility index (Phi) is 7.08. The molecule has 0 aromatic heterocycles. The molecule has 0 saturated carbocycles. The molecule has 0 fully saturated rings. The van der Waals surface area contributed by atoms with Gasteiger partial charge in [0.05, 0.1) is 14.2 Å². The highest BCUT2D eigenvalue weighted by Crippen LogP contribution is 2.25. The summed E-state index contributed by atoms with van der Waals surface area (Å²) in [5.74, 6) is 0.668. The molecule has 0 saturated heterocycles. The zero-order valence-electron chi connectivity index (χ0n) is 12.6. The SMILES string of the molecule is COC(=O)CCCN(C)C(=O)COc1ccccc1OC. The summed E-state index contributed by atoms with van der Waals surface area (Å²) in [6.45, 7) is 0.401. The molecule has 0 radical (unpaired) electrons. The highest BCUT2D eigenvalue weighted by Gasteiger charge is 2.12. The van der Waals surface area contributed by atoms with E-state index in [9.17, 15) is 9.59 Å². The first kappa shape index (κ1) is 16.8. The summed E-state index contributed by atoms with van der Waals surface area (Å²) in [5, 5.41) is 0. The Morgan fingerprint density at radius 1 is 1.14 bits per heavy atom. The number of carbonyl (C=O) groups excluding carboxylic acids is 2. The first-order valence-electron chi connectivity index (χ1n) is 6.65. The Morgan fingerprint density at radius 2 is 1.81 bits per heavy atom. The van der Waals surface area contributed by atoms with Crippen molar-refractivity contribution in [1.29, 1.82) is 0 Å². The van der Waals surface area contributed by atoms with Crippen LogP contribution < -0.4 is 9.47 Å². The molecule has 1 aromatic rings. The highest BCUT2D eigenvalue weighted by molar-refractivity contribution is 5.77. The van der Waals surface area contributed by atoms with Gasteiger partial charge in [0.1, 0.15) is 0 Å². The highest BCUT2D eigenvalue weighted by atomic mass is 16.5. The number of ether oxygens (including phenoxy) is 3. The van der Waals surface area contributed by atoms with Crippen LogP contribution in [0.5, 0.6) is 11.5 Å². The second kappa shape index (κ2) is 8.84. The van der Waals surface area contributed by atoms with Gasteiger partial charge in [-0.25, -0.2) is 0 Å². The van der Waals surface area contributed by atoms with Gasteiger partial charge >= 0.3 is 5.97 Å². The van der Waals surface area contributed by atoms with Crippen LogP contribution in [0.15, 0.2) is 24.3 Å². The maximum absolute atomic E-state index is 11.9. The van der Waals surface area contributed by atoms with Gasteiger partial charge in [0.15, 0.2) is 18.1 Å². The lowest BCUT2D eigenvalue weighted by molar-refractivity contribution is -0.141. The van der Waals surface area contributed by atoms with Crippen molar-refractivity contribution in [2.24, 2.45) is 0 Å². The minimum Gasteiger partial charge on any atom is -0.493 e. The third kappa shape index (κ3) is 5.72. The van der Waals surface area contributed by atoms with Crippen LogP contribution >= 0.6 is 0 Å². The van der Waals surface area contributed by atoms with Crippen molar-refractivity contribution in [3.63, 3.8) is 0 Å². The maximum Gasteiger partial charge on any atom is 0.305 e. The number of carbonyl (C=O) groups is 2. The Morgan fingerprint density at radius 3 is 2.43 bits per heavy atom. The molecule has 1 amide bonds. The number of hydrogen-bond acceptors (Lipinski definition) is 5. The van der Waals surface area contributed by atoms with Crippen LogP contribution in [-0.4, -0.2) is 51.2 Å². The van der Waals surface area contributed by atoms with Gasteiger partial charge in [-0.15, -0.1) is 0 Å². The molecular weight excluding hydrogens is 274 g/mol. The maximum atomic E-state index is 11.9. The van der Waals surface area contributed by atoms with Crippen LogP contribution in [0.4, 0.5) is 0 Å². The molecule has 0 aliphatic heterocycles. The van der Waals surface area contributed by atoms with Crippen LogP contribution in [0, 0.1) is 0 Å². The van der Waals surface area contributed by atoms with Crippen LogP contribution in [0.25, 0.3) is 0 Å². The molecule has 0 N–H and O–H groups in total. The van der Waals surface area contributed by atoms with Crippen molar-refractivity contribution in [2.45, 2.75) is 12.8 Å². The second-order valence-corrected chi connectivity index (χ2v) is 4.43. The fourth-order valence-electron chi connectivity index (χ4n) is 1.68. The second-order valence-electron chi connectivity index (χ2n) is 4.43. The summed E-state index contributed by atoms with van der Waals surface area (Å²) in [7, 11) is 4.56. The Balaban J connectivity index is 2.37. The third-order valence-electron chi connectivity index (χ3n) is 2.95. The van der Waals surface area contributed by atoms with Gasteiger partial charge in [-0.05, 0) is 18.6 Å². The van der Waals surface area contributed by atoms with E-state index in [-0.39, 0.29) is 18.5 Å². The molecular formula is C15H21NO5. The number of rotatable bonds is 8. The summed E-state index contributed by atoms with van der Waals surface area (Å²) in [6.07, 6.45) is 0.852. The van der Waals surface area contributed by atoms with Gasteiger partial charge < -0.3 is 19.1 Å². The van der Waals surface area contributed by atoms with Crippen molar-refractivity contribution < 1.29 is 23.8 Å². The number of para-hydroxylation sites is 2. The zero-order valence-corrected chi connectivity index (χ0v) is 12.6. The van der Waals surface area contributed by atoms with Crippen molar-refractivity contribution in [3.8, 4) is 11.5 Å². The average Bonchev–Trinajstić information content (AvgIpc) is 2.52. The Labute approximate surface area is 124 Å². The number of esters is 1. The normalized spacial score (nSPS) is 9.86. The van der Waals surface area contributed by atoms with Gasteiger partial charge in [0.2, 0.25) is 0 Å². The quantitative estimate of drug-likeness (QED) is 0.680. The van der Waals surface area contributed by atoms with Crippen molar-refractivity contribution >= 4 is 11.9 Å². The summed E-state index contributed by atoms with van der Waals surface area (Å²) in [4.78, 5) is 24.4. The van der Waals surface area contributed by atoms with Crippen LogP contribution in [-0.2, 0) is 14.3 Å². The standard InChI is InChI=1S/C15H21NO5/c1-16(10-6-9-15(18)20-3)14(17)11-21-13-8-5-4-7-12(13)19-2/h4-5,7-8H,6,9-11H2,1-3H3. The zero-order chi connectivity index (χ0) is 15.7. The van der Waals surface area contributed by atoms with Gasteiger partial charge in [-0.3, -0.25) is 9.59 Å². The van der Waals surface area contributed by atoms with E-state index in [0.29, 0.717) is 30.9 Å². The first-order valence-corrected chi connectivity index (χ1v) is 6.65. The van der Waals surface area contributed by atoms with E-state index in [4.69, 9.17) is 9.47 Å². The largest absolute Gasteiger partial charge is 0.493 e. The monoisotopic (exact) mass is 295 g/mol. The van der Waals surface area contributed by atoms with E-state index in [1.54, 1.807) is 26.3 Å². The summed E-state index contributed by atoms with van der Waals surface area (Å²) < 4.78 is 15.1. The summed E-state index contributed by atoms with van der Waals surface area (Å²) in [6, 6.07) is 7.14. The van der Waals surface area contributed by atoms with E-state index in [1.807, 2.05) is 12.1 Å². The number of amides is 1. The molecule has 1 aromatic carbocycles. The number of likely N-dealkylation sites (N-methyl/N-ethyl adjacent to an activating group) is 1. The minimum absolute atomic E-state index is 0.0743.